The Hall–Kier alpha value is -3.19. The van der Waals surface area contributed by atoms with E-state index in [0.29, 0.717) is 10.1 Å². The molecular formula is C20H16ClNO6. The number of rotatable bonds is 7. The second-order valence-electron chi connectivity index (χ2n) is 6.05. The smallest absolute Gasteiger partial charge is 0.333 e. The van der Waals surface area contributed by atoms with Crippen LogP contribution in [-0.4, -0.2) is 28.8 Å². The lowest BCUT2D eigenvalue weighted by atomic mass is 10.1. The molecule has 0 fully saturated rings. The number of hydrogen-bond donors (Lipinski definition) is 0. The van der Waals surface area contributed by atoms with Crippen LogP contribution in [0.15, 0.2) is 48.5 Å². The summed E-state index contributed by atoms with van der Waals surface area (Å²) in [6.07, 6.45) is 0.0374. The van der Waals surface area contributed by atoms with Crippen LogP contribution in [0.25, 0.3) is 0 Å². The highest BCUT2D eigenvalue weighted by Crippen LogP contribution is 2.23. The van der Waals surface area contributed by atoms with Crippen LogP contribution in [0.3, 0.4) is 0 Å². The summed E-state index contributed by atoms with van der Waals surface area (Å²) < 4.78 is 5.11. The minimum atomic E-state index is -0.778. The van der Waals surface area contributed by atoms with Gasteiger partial charge in [0.25, 0.3) is 11.8 Å². The van der Waals surface area contributed by atoms with Gasteiger partial charge in [0.15, 0.2) is 0 Å². The summed E-state index contributed by atoms with van der Waals surface area (Å²) in [5.74, 6) is -2.61. The Kier molecular flexibility index (Phi) is 6.06. The van der Waals surface area contributed by atoms with Crippen molar-refractivity contribution >= 4 is 35.4 Å². The Morgan fingerprint density at radius 2 is 1.43 bits per heavy atom. The van der Waals surface area contributed by atoms with Gasteiger partial charge in [0.1, 0.15) is 6.61 Å². The fourth-order valence-electron chi connectivity index (χ4n) is 2.59. The van der Waals surface area contributed by atoms with E-state index in [0.717, 1.165) is 5.56 Å². The maximum atomic E-state index is 12.1. The van der Waals surface area contributed by atoms with Gasteiger partial charge in [-0.25, -0.2) is 4.79 Å². The first-order valence-electron chi connectivity index (χ1n) is 8.54. The molecule has 7 nitrogen and oxygen atoms in total. The highest BCUT2D eigenvalue weighted by molar-refractivity contribution is 6.30. The molecule has 2 aromatic carbocycles. The van der Waals surface area contributed by atoms with Crippen molar-refractivity contribution in [3.05, 3.63) is 70.2 Å². The molecule has 1 aliphatic heterocycles. The first-order valence-corrected chi connectivity index (χ1v) is 8.92. The molecule has 1 heterocycles. The quantitative estimate of drug-likeness (QED) is 0.522. The summed E-state index contributed by atoms with van der Waals surface area (Å²) in [7, 11) is 0. The van der Waals surface area contributed by atoms with Crippen LogP contribution in [0.2, 0.25) is 5.02 Å². The van der Waals surface area contributed by atoms with E-state index in [1.165, 1.54) is 12.1 Å². The number of carbonyl (C=O) groups is 4. The maximum Gasteiger partial charge on any atom is 0.333 e. The van der Waals surface area contributed by atoms with Crippen molar-refractivity contribution in [2.45, 2.75) is 25.9 Å². The number of ether oxygens (including phenoxy) is 1. The van der Waals surface area contributed by atoms with Gasteiger partial charge in [-0.2, -0.15) is 0 Å². The third-order valence-electron chi connectivity index (χ3n) is 4.02. The van der Waals surface area contributed by atoms with Crippen LogP contribution in [0.4, 0.5) is 0 Å². The van der Waals surface area contributed by atoms with Crippen molar-refractivity contribution in [3.63, 3.8) is 0 Å². The third-order valence-corrected chi connectivity index (χ3v) is 4.28. The fraction of sp³-hybridized carbons (Fsp3) is 0.200. The first-order chi connectivity index (χ1) is 13.5. The molecule has 0 atom stereocenters. The molecule has 0 aromatic heterocycles. The zero-order valence-corrected chi connectivity index (χ0v) is 15.5. The molecule has 0 bridgehead atoms. The van der Waals surface area contributed by atoms with Gasteiger partial charge in [0, 0.05) is 17.9 Å². The predicted octanol–water partition coefficient (Wildman–Crippen LogP) is 3.31. The number of nitrogens with zero attached hydrogens (tertiary/aromatic N) is 1. The number of amides is 2. The average Bonchev–Trinajstić information content (AvgIpc) is 2.93. The molecule has 8 heteroatoms. The molecule has 0 aliphatic carbocycles. The van der Waals surface area contributed by atoms with Crippen molar-refractivity contribution in [2.75, 3.05) is 0 Å². The molecular weight excluding hydrogens is 386 g/mol. The molecule has 0 spiro atoms. The van der Waals surface area contributed by atoms with Gasteiger partial charge < -0.3 is 9.57 Å². The molecule has 1 aliphatic rings. The van der Waals surface area contributed by atoms with Gasteiger partial charge in [-0.3, -0.25) is 14.4 Å². The molecule has 0 N–H and O–H groups in total. The summed E-state index contributed by atoms with van der Waals surface area (Å²) in [4.78, 5) is 52.7. The zero-order valence-electron chi connectivity index (χ0n) is 14.7. The van der Waals surface area contributed by atoms with Crippen LogP contribution in [0.1, 0.15) is 45.5 Å². The van der Waals surface area contributed by atoms with E-state index in [2.05, 4.69) is 0 Å². The van der Waals surface area contributed by atoms with Crippen molar-refractivity contribution in [3.8, 4) is 0 Å². The second kappa shape index (κ2) is 8.67. The molecule has 2 amide bonds. The van der Waals surface area contributed by atoms with Gasteiger partial charge in [-0.1, -0.05) is 40.9 Å². The highest BCUT2D eigenvalue weighted by atomic mass is 35.5. The molecule has 0 unspecified atom stereocenters. The number of carbonyl (C=O) groups excluding carboxylic acids is 4. The summed E-state index contributed by atoms with van der Waals surface area (Å²) >= 11 is 5.78. The normalized spacial score (nSPS) is 12.7. The van der Waals surface area contributed by atoms with Crippen molar-refractivity contribution in [1.29, 1.82) is 0 Å². The van der Waals surface area contributed by atoms with Gasteiger partial charge in [-0.05, 0) is 36.2 Å². The maximum absolute atomic E-state index is 12.1. The van der Waals surface area contributed by atoms with Crippen LogP contribution in [0, 0.1) is 0 Å². The molecule has 144 valence electrons. The molecule has 2 aromatic rings. The summed E-state index contributed by atoms with van der Waals surface area (Å²) in [6.45, 7) is 0.107. The Labute approximate surface area is 165 Å². The molecule has 0 saturated carbocycles. The zero-order chi connectivity index (χ0) is 20.1. The molecule has 3 rings (SSSR count). The van der Waals surface area contributed by atoms with E-state index in [1.807, 2.05) is 0 Å². The van der Waals surface area contributed by atoms with Crippen LogP contribution >= 0.6 is 11.6 Å². The monoisotopic (exact) mass is 401 g/mol. The van der Waals surface area contributed by atoms with Crippen molar-refractivity contribution < 1.29 is 28.8 Å². The van der Waals surface area contributed by atoms with E-state index in [9.17, 15) is 19.2 Å². The van der Waals surface area contributed by atoms with E-state index in [4.69, 9.17) is 21.2 Å². The number of halogens is 1. The lowest BCUT2D eigenvalue weighted by Crippen LogP contribution is -2.32. The van der Waals surface area contributed by atoms with E-state index in [1.54, 1.807) is 36.4 Å². The number of esters is 1. The van der Waals surface area contributed by atoms with Crippen molar-refractivity contribution in [2.24, 2.45) is 0 Å². The number of hydrogen-bond acceptors (Lipinski definition) is 6. The topological polar surface area (TPSA) is 90.0 Å². The minimum Gasteiger partial charge on any atom is -0.461 e. The molecule has 0 saturated heterocycles. The van der Waals surface area contributed by atoms with Gasteiger partial charge in [0.2, 0.25) is 0 Å². The number of fused-ring (bicyclic) bond motifs is 1. The van der Waals surface area contributed by atoms with Gasteiger partial charge in [-0.15, -0.1) is 0 Å². The standard InChI is InChI=1S/C20H16ClNO6/c21-14-10-8-13(9-11-14)12-27-17(23)6-3-7-18(24)28-22-19(25)15-4-1-2-5-16(15)20(22)26/h1-2,4-5,8-11H,3,6-7,12H2. The highest BCUT2D eigenvalue weighted by Gasteiger charge is 2.38. The Morgan fingerprint density at radius 1 is 0.857 bits per heavy atom. The third kappa shape index (κ3) is 4.55. The number of benzene rings is 2. The predicted molar refractivity (Wildman–Crippen MR) is 98.1 cm³/mol. The molecule has 0 radical (unpaired) electrons. The number of imide groups is 1. The summed E-state index contributed by atoms with van der Waals surface area (Å²) in [5.41, 5.74) is 1.17. The van der Waals surface area contributed by atoms with Crippen LogP contribution < -0.4 is 0 Å². The Bertz CT molecular complexity index is 890. The lowest BCUT2D eigenvalue weighted by molar-refractivity contribution is -0.168. The van der Waals surface area contributed by atoms with Gasteiger partial charge in [0.05, 0.1) is 11.1 Å². The first kappa shape index (κ1) is 19.6. The fourth-order valence-corrected chi connectivity index (χ4v) is 2.72. The molecule has 28 heavy (non-hydrogen) atoms. The van der Waals surface area contributed by atoms with E-state index >= 15 is 0 Å². The van der Waals surface area contributed by atoms with Crippen molar-refractivity contribution in [1.82, 2.24) is 5.06 Å². The minimum absolute atomic E-state index is 0.00477. The van der Waals surface area contributed by atoms with E-state index in [-0.39, 0.29) is 37.0 Å². The van der Waals surface area contributed by atoms with Crippen LogP contribution in [-0.2, 0) is 25.8 Å². The Balaban J connectivity index is 1.40. The summed E-state index contributed by atoms with van der Waals surface area (Å²) in [6, 6.07) is 13.1. The SMILES string of the molecule is O=C(CCCC(=O)ON1C(=O)c2ccccc2C1=O)OCc1ccc(Cl)cc1. The Morgan fingerprint density at radius 3 is 2.04 bits per heavy atom. The summed E-state index contributed by atoms with van der Waals surface area (Å²) in [5, 5.41) is 1.04. The largest absolute Gasteiger partial charge is 0.461 e. The van der Waals surface area contributed by atoms with E-state index < -0.39 is 23.8 Å². The van der Waals surface area contributed by atoms with Crippen LogP contribution in [0.5, 0.6) is 0 Å². The second-order valence-corrected chi connectivity index (χ2v) is 6.49. The van der Waals surface area contributed by atoms with Gasteiger partial charge >= 0.3 is 11.9 Å². The lowest BCUT2D eigenvalue weighted by Gasteiger charge is -2.12. The average molecular weight is 402 g/mol. The number of hydroxylamine groups is 2.